The van der Waals surface area contributed by atoms with Crippen LogP contribution >= 0.6 is 11.8 Å². The van der Waals surface area contributed by atoms with Gasteiger partial charge in [-0.1, -0.05) is 66.7 Å². The Morgan fingerprint density at radius 2 is 1.53 bits per heavy atom. The minimum atomic E-state index is -0.778. The summed E-state index contributed by atoms with van der Waals surface area (Å²) in [6, 6.07) is 29.1. The van der Waals surface area contributed by atoms with E-state index in [1.165, 1.54) is 18.2 Å². The van der Waals surface area contributed by atoms with Gasteiger partial charge in [-0.3, -0.25) is 4.79 Å². The largest absolute Gasteiger partial charge is 0.396 e. The number of hydrogen-bond donors (Lipinski definition) is 3. The summed E-state index contributed by atoms with van der Waals surface area (Å²) in [6.45, 7) is -0.00488. The predicted octanol–water partition coefficient (Wildman–Crippen LogP) is 5.41. The number of thioether (sulfide) groups is 1. The van der Waals surface area contributed by atoms with Crippen LogP contribution in [0.1, 0.15) is 71.6 Å². The molecule has 9 nitrogen and oxygen atoms in total. The van der Waals surface area contributed by atoms with Gasteiger partial charge < -0.3 is 29.7 Å². The molecule has 0 bridgehead atoms. The van der Waals surface area contributed by atoms with E-state index in [2.05, 4.69) is 22.2 Å². The Morgan fingerprint density at radius 1 is 0.778 bits per heavy atom. The monoisotopic (exact) mass is 625 g/mol. The van der Waals surface area contributed by atoms with Crippen molar-refractivity contribution < 1.29 is 38.8 Å². The van der Waals surface area contributed by atoms with Crippen LogP contribution in [0.4, 0.5) is 5.69 Å². The molecule has 0 aromatic heterocycles. The first-order valence-corrected chi connectivity index (χ1v) is 15.7. The molecule has 0 radical (unpaired) electrons. The maximum absolute atomic E-state index is 13.1. The summed E-state index contributed by atoms with van der Waals surface area (Å²) in [4.78, 5) is 36.9. The van der Waals surface area contributed by atoms with Crippen molar-refractivity contribution in [2.75, 3.05) is 23.4 Å². The minimum Gasteiger partial charge on any atom is -0.396 e. The van der Waals surface area contributed by atoms with Gasteiger partial charge >= 0.3 is 11.9 Å². The first kappa shape index (κ1) is 30.7. The number of cyclic esters (lactones) is 2. The van der Waals surface area contributed by atoms with Crippen molar-refractivity contribution in [1.82, 2.24) is 0 Å². The Hall–Kier alpha value is -4.32. The van der Waals surface area contributed by atoms with Gasteiger partial charge in [0.25, 0.3) is 5.91 Å². The highest BCUT2D eigenvalue weighted by Crippen LogP contribution is 2.47. The zero-order chi connectivity index (χ0) is 31.3. The number of anilines is 1. The number of aliphatic hydroxyl groups is 2. The van der Waals surface area contributed by atoms with Crippen molar-refractivity contribution in [2.45, 2.75) is 31.0 Å². The average Bonchev–Trinajstić information content (AvgIpc) is 3.37. The molecule has 4 aromatic carbocycles. The number of esters is 2. The van der Waals surface area contributed by atoms with Crippen LogP contribution in [0.3, 0.4) is 0 Å². The van der Waals surface area contributed by atoms with Gasteiger partial charge in [0.05, 0.1) is 36.5 Å². The van der Waals surface area contributed by atoms with Crippen LogP contribution in [0.15, 0.2) is 97.1 Å². The molecule has 6 rings (SSSR count). The molecule has 0 spiro atoms. The number of carbonyl (C=O) groups is 3. The summed E-state index contributed by atoms with van der Waals surface area (Å²) in [6.07, 6.45) is -1.45. The van der Waals surface area contributed by atoms with Crippen molar-refractivity contribution in [3.8, 4) is 0 Å². The maximum atomic E-state index is 13.1. The molecule has 4 aromatic rings. The zero-order valence-corrected chi connectivity index (χ0v) is 24.9. The summed E-state index contributed by atoms with van der Waals surface area (Å²) in [7, 11) is 0. The predicted molar refractivity (Wildman–Crippen MR) is 168 cm³/mol. The van der Waals surface area contributed by atoms with E-state index in [4.69, 9.17) is 9.47 Å². The third-order valence-corrected chi connectivity index (χ3v) is 8.85. The molecule has 3 N–H and O–H groups in total. The molecular weight excluding hydrogens is 594 g/mol. The van der Waals surface area contributed by atoms with E-state index in [9.17, 15) is 24.6 Å². The number of fused-ring (bicyclic) bond motifs is 1. The summed E-state index contributed by atoms with van der Waals surface area (Å²) in [5.74, 6) is -0.942. The van der Waals surface area contributed by atoms with Crippen LogP contribution in [-0.4, -0.2) is 52.3 Å². The molecule has 1 saturated heterocycles. The molecule has 1 unspecified atom stereocenters. The molecule has 230 valence electrons. The number of nitrogens with one attached hydrogen (secondary N) is 1. The van der Waals surface area contributed by atoms with Crippen LogP contribution in [0.2, 0.25) is 0 Å². The standard InChI is InChI=1S/C35H31NO8S/c37-15-16-45-20-29-30(22-5-2-1-3-6-22)31(23-11-9-21(19-38)10-12-23)43-35(42-29)25-7-4-8-26(17-25)36-32(39)24-13-14-27-28(18-24)34(41)44-33(27)40/h1-14,17-18,29-31,35,37-38H,15-16,19-20H2,(H,36,39)/t29-,30-,31+,35?/m1/s1. The lowest BCUT2D eigenvalue weighted by Crippen LogP contribution is -2.38. The molecule has 45 heavy (non-hydrogen) atoms. The number of carbonyl (C=O) groups excluding carboxylic acids is 3. The Bertz CT molecular complexity index is 1690. The number of amides is 1. The van der Waals surface area contributed by atoms with Crippen LogP contribution in [-0.2, 0) is 20.8 Å². The second-order valence-corrected chi connectivity index (χ2v) is 11.9. The fourth-order valence-electron chi connectivity index (χ4n) is 5.61. The highest BCUT2D eigenvalue weighted by Gasteiger charge is 2.42. The summed E-state index contributed by atoms with van der Waals surface area (Å²) in [5.41, 5.74) is 4.36. The Kier molecular flexibility index (Phi) is 9.39. The fourth-order valence-corrected chi connectivity index (χ4v) is 6.42. The summed E-state index contributed by atoms with van der Waals surface area (Å²) >= 11 is 1.60. The van der Waals surface area contributed by atoms with Crippen molar-refractivity contribution in [1.29, 1.82) is 0 Å². The second kappa shape index (κ2) is 13.8. The molecule has 10 heteroatoms. The zero-order valence-electron chi connectivity index (χ0n) is 24.1. The smallest absolute Gasteiger partial charge is 0.346 e. The lowest BCUT2D eigenvalue weighted by atomic mass is 9.84. The Labute approximate surface area is 264 Å². The van der Waals surface area contributed by atoms with Crippen molar-refractivity contribution in [2.24, 2.45) is 0 Å². The van der Waals surface area contributed by atoms with Crippen molar-refractivity contribution in [3.05, 3.63) is 136 Å². The van der Waals surface area contributed by atoms with Gasteiger partial charge in [-0.15, -0.1) is 0 Å². The fraction of sp³-hybridized carbons (Fsp3) is 0.229. The third-order valence-electron chi connectivity index (χ3n) is 7.81. The SMILES string of the molecule is O=C(Nc1cccc(C2O[C@H](CSCCO)[C@@H](c3ccccc3)[C@H](c3ccc(CO)cc3)O2)c1)c1ccc2c(c1)C(=O)OC2=O. The van der Waals surface area contributed by atoms with Crippen LogP contribution in [0.25, 0.3) is 0 Å². The van der Waals surface area contributed by atoms with E-state index in [1.807, 2.05) is 48.5 Å². The first-order chi connectivity index (χ1) is 21.9. The number of ether oxygens (including phenoxy) is 3. The maximum Gasteiger partial charge on any atom is 0.346 e. The molecule has 2 heterocycles. The average molecular weight is 626 g/mol. The van der Waals surface area contributed by atoms with E-state index in [0.29, 0.717) is 22.8 Å². The first-order valence-electron chi connectivity index (χ1n) is 14.5. The third kappa shape index (κ3) is 6.70. The molecule has 4 atom stereocenters. The number of hydrogen-bond acceptors (Lipinski definition) is 9. The lowest BCUT2D eigenvalue weighted by Gasteiger charge is -2.43. The van der Waals surface area contributed by atoms with E-state index in [-0.39, 0.29) is 41.9 Å². The molecule has 0 aliphatic carbocycles. The van der Waals surface area contributed by atoms with E-state index < -0.39 is 30.2 Å². The van der Waals surface area contributed by atoms with E-state index in [1.54, 1.807) is 30.0 Å². The number of benzene rings is 4. The molecule has 1 amide bonds. The molecule has 0 saturated carbocycles. The van der Waals surface area contributed by atoms with Gasteiger partial charge in [0.15, 0.2) is 6.29 Å². The van der Waals surface area contributed by atoms with E-state index >= 15 is 0 Å². The minimum absolute atomic E-state index is 0.0570. The summed E-state index contributed by atoms with van der Waals surface area (Å²) < 4.78 is 18.0. The van der Waals surface area contributed by atoms with Crippen molar-refractivity contribution >= 4 is 35.3 Å². The number of aliphatic hydroxyl groups excluding tert-OH is 2. The van der Waals surface area contributed by atoms with Gasteiger partial charge in [-0.05, 0) is 47.0 Å². The van der Waals surface area contributed by atoms with Gasteiger partial charge in [-0.2, -0.15) is 11.8 Å². The topological polar surface area (TPSA) is 131 Å². The Morgan fingerprint density at radius 3 is 2.29 bits per heavy atom. The summed E-state index contributed by atoms with van der Waals surface area (Å²) in [5, 5.41) is 21.9. The Balaban J connectivity index is 1.29. The normalized spacial score (nSPS) is 20.8. The molecular formula is C35H31NO8S. The quantitative estimate of drug-likeness (QED) is 0.120. The second-order valence-electron chi connectivity index (χ2n) is 10.7. The lowest BCUT2D eigenvalue weighted by molar-refractivity contribution is -0.255. The van der Waals surface area contributed by atoms with Gasteiger partial charge in [0, 0.05) is 34.2 Å². The molecule has 2 aliphatic rings. The molecule has 2 aliphatic heterocycles. The van der Waals surface area contributed by atoms with Gasteiger partial charge in [0.2, 0.25) is 0 Å². The van der Waals surface area contributed by atoms with Crippen molar-refractivity contribution in [3.63, 3.8) is 0 Å². The van der Waals surface area contributed by atoms with Gasteiger partial charge in [-0.25, -0.2) is 9.59 Å². The van der Waals surface area contributed by atoms with Crippen LogP contribution in [0, 0.1) is 0 Å². The van der Waals surface area contributed by atoms with Crippen LogP contribution < -0.4 is 5.32 Å². The van der Waals surface area contributed by atoms with E-state index in [0.717, 1.165) is 16.7 Å². The van der Waals surface area contributed by atoms with Gasteiger partial charge in [0.1, 0.15) is 0 Å². The molecule has 1 fully saturated rings. The highest BCUT2D eigenvalue weighted by atomic mass is 32.2. The highest BCUT2D eigenvalue weighted by molar-refractivity contribution is 7.99. The van der Waals surface area contributed by atoms with Crippen LogP contribution in [0.5, 0.6) is 0 Å². The number of rotatable bonds is 10.